The second-order valence-electron chi connectivity index (χ2n) is 12.0. The maximum atomic E-state index is 6.58. The first-order chi connectivity index (χ1) is 23.3. The van der Waals surface area contributed by atoms with Crippen LogP contribution in [0.5, 0.6) is 0 Å². The number of hydrogen-bond donors (Lipinski definition) is 0. The van der Waals surface area contributed by atoms with Gasteiger partial charge in [0.25, 0.3) is 0 Å². The third-order valence-electron chi connectivity index (χ3n) is 9.29. The number of hydrogen-bond acceptors (Lipinski definition) is 4. The van der Waals surface area contributed by atoms with Crippen molar-refractivity contribution in [1.29, 1.82) is 0 Å². The van der Waals surface area contributed by atoms with Gasteiger partial charge in [0.2, 0.25) is 5.71 Å². The minimum absolute atomic E-state index is 0.659. The van der Waals surface area contributed by atoms with Gasteiger partial charge in [-0.05, 0) is 81.9 Å². The molecule has 0 radical (unpaired) electrons. The van der Waals surface area contributed by atoms with Crippen molar-refractivity contribution >= 4 is 82.6 Å². The lowest BCUT2D eigenvalue weighted by molar-refractivity contribution is 0.658. The molecule has 0 spiro atoms. The molecule has 0 unspecified atom stereocenters. The van der Waals surface area contributed by atoms with Crippen LogP contribution >= 0.6 is 0 Å². The Balaban J connectivity index is 1.23. The first kappa shape index (κ1) is 25.9. The first-order valence-corrected chi connectivity index (χ1v) is 15.8. The molecule has 0 bridgehead atoms. The van der Waals surface area contributed by atoms with Crippen LogP contribution in [0.4, 0.5) is 17.1 Å². The third-order valence-corrected chi connectivity index (χ3v) is 9.29. The molecule has 0 fully saturated rings. The van der Waals surface area contributed by atoms with E-state index in [1.165, 1.54) is 5.56 Å². The van der Waals surface area contributed by atoms with Crippen LogP contribution in [-0.4, -0.2) is 4.98 Å². The molecule has 0 amide bonds. The lowest BCUT2D eigenvalue weighted by atomic mass is 9.98. The molecule has 4 nitrogen and oxygen atoms in total. The van der Waals surface area contributed by atoms with Crippen molar-refractivity contribution in [1.82, 2.24) is 4.98 Å². The number of pyridine rings is 1. The van der Waals surface area contributed by atoms with Crippen molar-refractivity contribution < 1.29 is 8.83 Å². The fourth-order valence-electron chi connectivity index (χ4n) is 7.13. The van der Waals surface area contributed by atoms with Crippen LogP contribution in [-0.2, 0) is 0 Å². The summed E-state index contributed by atoms with van der Waals surface area (Å²) in [6.45, 7) is 0. The van der Waals surface area contributed by atoms with E-state index in [1.807, 2.05) is 18.2 Å². The van der Waals surface area contributed by atoms with Gasteiger partial charge in [-0.3, -0.25) is 0 Å². The van der Waals surface area contributed by atoms with Gasteiger partial charge in [-0.25, -0.2) is 4.98 Å². The predicted molar refractivity (Wildman–Crippen MR) is 194 cm³/mol. The summed E-state index contributed by atoms with van der Waals surface area (Å²) in [6.07, 6.45) is 1.78. The summed E-state index contributed by atoms with van der Waals surface area (Å²) in [5.74, 6) is 0. The Hall–Kier alpha value is -6.39. The van der Waals surface area contributed by atoms with E-state index in [1.54, 1.807) is 6.20 Å². The van der Waals surface area contributed by atoms with Gasteiger partial charge in [0.1, 0.15) is 11.2 Å². The summed E-state index contributed by atoms with van der Waals surface area (Å²) in [6, 6.07) is 53.3. The Labute approximate surface area is 269 Å². The summed E-state index contributed by atoms with van der Waals surface area (Å²) in [5.41, 5.74) is 8.65. The van der Waals surface area contributed by atoms with E-state index < -0.39 is 0 Å². The molecule has 0 saturated carbocycles. The fourth-order valence-corrected chi connectivity index (χ4v) is 7.13. The molecule has 0 aliphatic heterocycles. The molecule has 4 heteroatoms. The molecule has 10 aromatic rings. The highest BCUT2D eigenvalue weighted by atomic mass is 16.3. The van der Waals surface area contributed by atoms with E-state index in [9.17, 15) is 0 Å². The number of para-hydroxylation sites is 2. The standard InChI is InChI=1S/C43H26N2O2/c1-2-9-27(10-3-1)29-11-6-12-31(25-29)45(38-16-7-14-35-34-13-4-5-17-39(34)46-41(35)38)32-21-23-33-30(26-32)19-18-28-20-22-36-37-15-8-24-44-43(37)47-42(36)40(28)33/h1-26H. The zero-order valence-electron chi connectivity index (χ0n) is 25.2. The average Bonchev–Trinajstić information content (AvgIpc) is 3.71. The number of anilines is 3. The quantitative estimate of drug-likeness (QED) is 0.188. The Morgan fingerprint density at radius 3 is 2.13 bits per heavy atom. The van der Waals surface area contributed by atoms with Gasteiger partial charge in [0, 0.05) is 44.5 Å². The van der Waals surface area contributed by atoms with Crippen LogP contribution in [0.15, 0.2) is 167 Å². The van der Waals surface area contributed by atoms with Gasteiger partial charge in [0.05, 0.1) is 5.69 Å². The van der Waals surface area contributed by atoms with E-state index in [0.717, 1.165) is 82.5 Å². The van der Waals surface area contributed by atoms with Crippen LogP contribution in [0.2, 0.25) is 0 Å². The van der Waals surface area contributed by atoms with E-state index in [2.05, 4.69) is 143 Å². The van der Waals surface area contributed by atoms with Crippen LogP contribution in [0.1, 0.15) is 0 Å². The predicted octanol–water partition coefficient (Wildman–Crippen LogP) is 12.3. The molecule has 0 atom stereocenters. The maximum Gasteiger partial charge on any atom is 0.227 e. The van der Waals surface area contributed by atoms with Crippen molar-refractivity contribution in [3.8, 4) is 11.1 Å². The van der Waals surface area contributed by atoms with Crippen LogP contribution in [0.3, 0.4) is 0 Å². The number of benzene rings is 7. The molecule has 0 saturated heterocycles. The molecular formula is C43H26N2O2. The van der Waals surface area contributed by atoms with Gasteiger partial charge in [0.15, 0.2) is 5.58 Å². The first-order valence-electron chi connectivity index (χ1n) is 15.8. The Morgan fingerprint density at radius 1 is 0.447 bits per heavy atom. The minimum atomic E-state index is 0.659. The van der Waals surface area contributed by atoms with Crippen molar-refractivity contribution in [3.63, 3.8) is 0 Å². The molecule has 3 aromatic heterocycles. The van der Waals surface area contributed by atoms with E-state index in [-0.39, 0.29) is 0 Å². The SMILES string of the molecule is c1ccc(-c2cccc(N(c3ccc4c(ccc5ccc6c7cccnc7oc6c54)c3)c3cccc4c3oc3ccccc34)c2)cc1. The van der Waals surface area contributed by atoms with Crippen molar-refractivity contribution in [2.45, 2.75) is 0 Å². The maximum absolute atomic E-state index is 6.58. The zero-order chi connectivity index (χ0) is 30.9. The van der Waals surface area contributed by atoms with E-state index >= 15 is 0 Å². The fraction of sp³-hybridized carbons (Fsp3) is 0. The van der Waals surface area contributed by atoms with Gasteiger partial charge in [-0.1, -0.05) is 97.1 Å². The van der Waals surface area contributed by atoms with Crippen molar-refractivity contribution in [3.05, 3.63) is 158 Å². The van der Waals surface area contributed by atoms with Crippen molar-refractivity contribution in [2.24, 2.45) is 0 Å². The molecule has 10 rings (SSSR count). The summed E-state index contributed by atoms with van der Waals surface area (Å²) < 4.78 is 13.0. The van der Waals surface area contributed by atoms with Crippen LogP contribution in [0, 0.1) is 0 Å². The topological polar surface area (TPSA) is 42.4 Å². The average molecular weight is 603 g/mol. The minimum Gasteiger partial charge on any atom is -0.454 e. The zero-order valence-corrected chi connectivity index (χ0v) is 25.2. The number of nitrogens with zero attached hydrogens (tertiary/aromatic N) is 2. The molecule has 3 heterocycles. The van der Waals surface area contributed by atoms with Crippen molar-refractivity contribution in [2.75, 3.05) is 4.90 Å². The molecule has 0 aliphatic rings. The van der Waals surface area contributed by atoms with E-state index in [4.69, 9.17) is 8.83 Å². The monoisotopic (exact) mass is 602 g/mol. The van der Waals surface area contributed by atoms with Gasteiger partial charge in [-0.15, -0.1) is 0 Å². The summed E-state index contributed by atoms with van der Waals surface area (Å²) in [4.78, 5) is 6.81. The molecule has 47 heavy (non-hydrogen) atoms. The van der Waals surface area contributed by atoms with Crippen LogP contribution < -0.4 is 4.90 Å². The molecule has 0 aliphatic carbocycles. The van der Waals surface area contributed by atoms with Gasteiger partial charge in [-0.2, -0.15) is 0 Å². The number of rotatable bonds is 4. The normalized spacial score (nSPS) is 11.8. The second kappa shape index (κ2) is 10.1. The molecule has 7 aromatic carbocycles. The highest BCUT2D eigenvalue weighted by Gasteiger charge is 2.21. The smallest absolute Gasteiger partial charge is 0.227 e. The third kappa shape index (κ3) is 3.98. The largest absolute Gasteiger partial charge is 0.454 e. The molecule has 220 valence electrons. The highest BCUT2D eigenvalue weighted by Crippen LogP contribution is 2.44. The molecule has 0 N–H and O–H groups in total. The Kier molecular flexibility index (Phi) is 5.54. The van der Waals surface area contributed by atoms with Gasteiger partial charge >= 0.3 is 0 Å². The second-order valence-corrected chi connectivity index (χ2v) is 12.0. The lowest BCUT2D eigenvalue weighted by Gasteiger charge is -2.26. The number of furan rings is 2. The summed E-state index contributed by atoms with van der Waals surface area (Å²) in [7, 11) is 0. The summed E-state index contributed by atoms with van der Waals surface area (Å²) >= 11 is 0. The number of fused-ring (bicyclic) bond motifs is 10. The number of aromatic nitrogens is 1. The lowest BCUT2D eigenvalue weighted by Crippen LogP contribution is -2.10. The van der Waals surface area contributed by atoms with E-state index in [0.29, 0.717) is 5.71 Å². The summed E-state index contributed by atoms with van der Waals surface area (Å²) in [5, 5.41) is 8.80. The Morgan fingerprint density at radius 2 is 1.17 bits per heavy atom. The van der Waals surface area contributed by atoms with Gasteiger partial charge < -0.3 is 13.7 Å². The van der Waals surface area contributed by atoms with Crippen LogP contribution in [0.25, 0.3) is 76.7 Å². The molecular weight excluding hydrogens is 576 g/mol. The Bertz CT molecular complexity index is 2810. The highest BCUT2D eigenvalue weighted by molar-refractivity contribution is 6.23.